The van der Waals surface area contributed by atoms with Crippen LogP contribution in [-0.2, 0) is 6.54 Å². The lowest BCUT2D eigenvalue weighted by atomic mass is 10.2. The molecule has 0 bridgehead atoms. The molecule has 7 heteroatoms. The largest absolute Gasteiger partial charge is 0.355 e. The second-order valence-electron chi connectivity index (χ2n) is 4.30. The van der Waals surface area contributed by atoms with E-state index in [1.54, 1.807) is 30.5 Å². The molecule has 1 N–H and O–H groups in total. The van der Waals surface area contributed by atoms with Crippen LogP contribution in [0, 0.1) is 0 Å². The number of carbonyl (C=O) groups is 1. The van der Waals surface area contributed by atoms with E-state index in [1.165, 1.54) is 6.20 Å². The van der Waals surface area contributed by atoms with Gasteiger partial charge in [-0.2, -0.15) is 0 Å². The summed E-state index contributed by atoms with van der Waals surface area (Å²) in [5.74, 6) is -0.363. The van der Waals surface area contributed by atoms with E-state index < -0.39 is 0 Å². The van der Waals surface area contributed by atoms with E-state index in [1.807, 2.05) is 0 Å². The van der Waals surface area contributed by atoms with Crippen molar-refractivity contribution in [2.75, 3.05) is 0 Å². The Labute approximate surface area is 129 Å². The third-order valence-corrected chi connectivity index (χ3v) is 3.82. The molecule has 0 aliphatic rings. The van der Waals surface area contributed by atoms with E-state index in [9.17, 15) is 4.79 Å². The van der Waals surface area contributed by atoms with Crippen LogP contribution in [0.1, 0.15) is 16.1 Å². The molecule has 0 atom stereocenters. The Morgan fingerprint density at radius 1 is 1.29 bits per heavy atom. The summed E-state index contributed by atoms with van der Waals surface area (Å²) >= 11 is 12.0. The zero-order valence-electron chi connectivity index (χ0n) is 10.6. The predicted octanol–water partition coefficient (Wildman–Crippen LogP) is 3.46. The first-order chi connectivity index (χ1) is 10.2. The smallest absolute Gasteiger partial charge is 0.274 e. The van der Waals surface area contributed by atoms with Gasteiger partial charge in [0.1, 0.15) is 0 Å². The molecule has 3 rings (SSSR count). The van der Waals surface area contributed by atoms with E-state index in [4.69, 9.17) is 27.7 Å². The highest BCUT2D eigenvalue weighted by Crippen LogP contribution is 2.25. The second-order valence-corrected chi connectivity index (χ2v) is 5.08. The summed E-state index contributed by atoms with van der Waals surface area (Å²) < 4.78 is 5.07. The van der Waals surface area contributed by atoms with Gasteiger partial charge in [0, 0.05) is 25.0 Å². The van der Waals surface area contributed by atoms with Crippen molar-refractivity contribution in [2.45, 2.75) is 6.54 Å². The van der Waals surface area contributed by atoms with Crippen LogP contribution in [0.4, 0.5) is 0 Å². The Morgan fingerprint density at radius 3 is 3.00 bits per heavy atom. The van der Waals surface area contributed by atoms with Crippen molar-refractivity contribution in [3.63, 3.8) is 0 Å². The van der Waals surface area contributed by atoms with E-state index in [-0.39, 0.29) is 18.1 Å². The summed E-state index contributed by atoms with van der Waals surface area (Å²) in [6.07, 6.45) is 3.11. The Morgan fingerprint density at radius 2 is 2.14 bits per heavy atom. The fraction of sp³-hybridized carbons (Fsp3) is 0.0714. The first kappa shape index (κ1) is 13.9. The van der Waals surface area contributed by atoms with Crippen LogP contribution in [0.5, 0.6) is 0 Å². The molecular weight excluding hydrogens is 313 g/mol. The van der Waals surface area contributed by atoms with Crippen LogP contribution in [-0.4, -0.2) is 16.0 Å². The van der Waals surface area contributed by atoms with Gasteiger partial charge in [-0.3, -0.25) is 9.78 Å². The number of pyridine rings is 1. The summed E-state index contributed by atoms with van der Waals surface area (Å²) in [7, 11) is 0. The summed E-state index contributed by atoms with van der Waals surface area (Å²) in [4.78, 5) is 16.1. The Kier molecular flexibility index (Phi) is 3.77. The molecule has 0 aliphatic heterocycles. The van der Waals surface area contributed by atoms with Gasteiger partial charge in [-0.1, -0.05) is 40.5 Å². The van der Waals surface area contributed by atoms with Gasteiger partial charge in [-0.15, -0.1) is 0 Å². The lowest BCUT2D eigenvalue weighted by Crippen LogP contribution is -2.23. The SMILES string of the molecule is O=C(NCc1cccc(Cl)c1Cl)c1noc2ccncc12. The van der Waals surface area contributed by atoms with E-state index >= 15 is 0 Å². The van der Waals surface area contributed by atoms with E-state index in [0.29, 0.717) is 21.0 Å². The van der Waals surface area contributed by atoms with Gasteiger partial charge < -0.3 is 9.84 Å². The van der Waals surface area contributed by atoms with Crippen molar-refractivity contribution in [1.82, 2.24) is 15.5 Å². The number of aromatic nitrogens is 2. The van der Waals surface area contributed by atoms with Crippen molar-refractivity contribution < 1.29 is 9.32 Å². The van der Waals surface area contributed by atoms with E-state index in [0.717, 1.165) is 5.56 Å². The van der Waals surface area contributed by atoms with Crippen LogP contribution in [0.2, 0.25) is 10.0 Å². The van der Waals surface area contributed by atoms with Crippen molar-refractivity contribution >= 4 is 40.1 Å². The van der Waals surface area contributed by atoms with Crippen LogP contribution >= 0.6 is 23.2 Å². The zero-order valence-corrected chi connectivity index (χ0v) is 12.1. The van der Waals surface area contributed by atoms with E-state index in [2.05, 4.69) is 15.5 Å². The van der Waals surface area contributed by atoms with Gasteiger partial charge in [0.25, 0.3) is 5.91 Å². The lowest BCUT2D eigenvalue weighted by Gasteiger charge is -2.06. The van der Waals surface area contributed by atoms with Crippen LogP contribution in [0.15, 0.2) is 41.2 Å². The molecule has 0 saturated heterocycles. The summed E-state index contributed by atoms with van der Waals surface area (Å²) in [5.41, 5.74) is 1.43. The average molecular weight is 322 g/mol. The first-order valence-corrected chi connectivity index (χ1v) is 6.83. The molecule has 2 heterocycles. The van der Waals surface area contributed by atoms with Crippen LogP contribution < -0.4 is 5.32 Å². The molecule has 0 aliphatic carbocycles. The van der Waals surface area contributed by atoms with Crippen LogP contribution in [0.3, 0.4) is 0 Å². The molecule has 1 amide bonds. The number of nitrogens with one attached hydrogen (secondary N) is 1. The minimum absolute atomic E-state index is 0.191. The Hall–Kier alpha value is -2.11. The minimum Gasteiger partial charge on any atom is -0.355 e. The zero-order chi connectivity index (χ0) is 14.8. The maximum Gasteiger partial charge on any atom is 0.274 e. The van der Waals surface area contributed by atoms with Crippen molar-refractivity contribution in [1.29, 1.82) is 0 Å². The number of nitrogens with zero attached hydrogens (tertiary/aromatic N) is 2. The second kappa shape index (κ2) is 5.71. The standard InChI is InChI=1S/C14H9Cl2N3O2/c15-10-3-1-2-8(12(10)16)6-18-14(20)13-9-7-17-5-4-11(9)21-19-13/h1-5,7H,6H2,(H,18,20). The summed E-state index contributed by atoms with van der Waals surface area (Å²) in [6.45, 7) is 0.243. The molecule has 1 aromatic carbocycles. The first-order valence-electron chi connectivity index (χ1n) is 6.07. The predicted molar refractivity (Wildman–Crippen MR) is 79.4 cm³/mol. The highest BCUT2D eigenvalue weighted by Gasteiger charge is 2.16. The maximum atomic E-state index is 12.2. The maximum absolute atomic E-state index is 12.2. The van der Waals surface area contributed by atoms with Gasteiger partial charge in [0.05, 0.1) is 15.4 Å². The Balaban J connectivity index is 1.79. The summed E-state index contributed by atoms with van der Waals surface area (Å²) in [6, 6.07) is 6.89. The average Bonchev–Trinajstić information content (AvgIpc) is 2.92. The Bertz CT molecular complexity index is 817. The van der Waals surface area contributed by atoms with Gasteiger partial charge in [0.15, 0.2) is 11.3 Å². The molecule has 5 nitrogen and oxygen atoms in total. The fourth-order valence-corrected chi connectivity index (χ4v) is 2.28. The lowest BCUT2D eigenvalue weighted by molar-refractivity contribution is 0.0943. The van der Waals surface area contributed by atoms with Crippen molar-refractivity contribution in [2.24, 2.45) is 0 Å². The van der Waals surface area contributed by atoms with Gasteiger partial charge in [-0.25, -0.2) is 0 Å². The number of fused-ring (bicyclic) bond motifs is 1. The molecular formula is C14H9Cl2N3O2. The number of rotatable bonds is 3. The summed E-state index contributed by atoms with van der Waals surface area (Å²) in [5, 5.41) is 7.92. The number of halogens is 2. The quantitative estimate of drug-likeness (QED) is 0.802. The molecule has 106 valence electrons. The molecule has 0 saturated carbocycles. The molecule has 0 fully saturated rings. The third-order valence-electron chi connectivity index (χ3n) is 2.96. The number of benzene rings is 1. The van der Waals surface area contributed by atoms with Gasteiger partial charge in [-0.05, 0) is 11.6 Å². The molecule has 0 spiro atoms. The van der Waals surface area contributed by atoms with Crippen LogP contribution in [0.25, 0.3) is 11.0 Å². The van der Waals surface area contributed by atoms with Crippen molar-refractivity contribution in [3.05, 3.63) is 58.0 Å². The van der Waals surface area contributed by atoms with Crippen molar-refractivity contribution in [3.8, 4) is 0 Å². The van der Waals surface area contributed by atoms with Gasteiger partial charge >= 0.3 is 0 Å². The molecule has 0 radical (unpaired) electrons. The fourth-order valence-electron chi connectivity index (χ4n) is 1.89. The highest BCUT2D eigenvalue weighted by molar-refractivity contribution is 6.42. The monoisotopic (exact) mass is 321 g/mol. The number of hydrogen-bond acceptors (Lipinski definition) is 4. The highest BCUT2D eigenvalue weighted by atomic mass is 35.5. The number of hydrogen-bond donors (Lipinski definition) is 1. The molecule has 21 heavy (non-hydrogen) atoms. The molecule has 2 aromatic heterocycles. The molecule has 3 aromatic rings. The third kappa shape index (κ3) is 2.70. The number of carbonyl (C=O) groups excluding carboxylic acids is 1. The minimum atomic E-state index is -0.363. The molecule has 0 unspecified atom stereocenters. The normalized spacial score (nSPS) is 10.8. The number of amides is 1. The topological polar surface area (TPSA) is 68.0 Å². The van der Waals surface area contributed by atoms with Gasteiger partial charge in [0.2, 0.25) is 0 Å².